The summed E-state index contributed by atoms with van der Waals surface area (Å²) in [5.74, 6) is -1.19. The highest BCUT2D eigenvalue weighted by Gasteiger charge is 2.45. The predicted molar refractivity (Wildman–Crippen MR) is 109 cm³/mol. The molecule has 2 aliphatic rings. The van der Waals surface area contributed by atoms with Gasteiger partial charge in [0.15, 0.2) is 5.82 Å². The number of hydrogen-bond donors (Lipinski definition) is 0. The quantitative estimate of drug-likeness (QED) is 0.421. The van der Waals surface area contributed by atoms with Crippen LogP contribution in [0.25, 0.3) is 10.9 Å². The molecule has 2 saturated heterocycles. The van der Waals surface area contributed by atoms with Gasteiger partial charge in [0, 0.05) is 18.5 Å². The normalized spacial score (nSPS) is 21.8. The van der Waals surface area contributed by atoms with Gasteiger partial charge >= 0.3 is 6.09 Å². The van der Waals surface area contributed by atoms with Crippen molar-refractivity contribution in [3.8, 4) is 0 Å². The van der Waals surface area contributed by atoms with Crippen LogP contribution in [-0.4, -0.2) is 51.7 Å². The highest BCUT2D eigenvalue weighted by atomic mass is 79.9. The van der Waals surface area contributed by atoms with Gasteiger partial charge in [0.1, 0.15) is 22.8 Å². The zero-order valence-corrected chi connectivity index (χ0v) is 18.5. The number of ether oxygens (including phenoxy) is 1. The fraction of sp³-hybridized carbons (Fsp3) is 0.526. The van der Waals surface area contributed by atoms with Crippen molar-refractivity contribution in [3.63, 3.8) is 0 Å². The van der Waals surface area contributed by atoms with Crippen LogP contribution in [0.15, 0.2) is 10.5 Å². The molecular formula is C19H20BrClF2N4O2. The molecule has 2 bridgehead atoms. The lowest BCUT2D eigenvalue weighted by Crippen LogP contribution is -2.57. The summed E-state index contributed by atoms with van der Waals surface area (Å²) in [4.78, 5) is 24.6. The summed E-state index contributed by atoms with van der Waals surface area (Å²) >= 11 is 8.94. The number of carbonyl (C=O) groups excluding carboxylic acids is 1. The first-order chi connectivity index (χ1) is 13.5. The number of benzene rings is 1. The minimum Gasteiger partial charge on any atom is -0.444 e. The Labute approximate surface area is 180 Å². The van der Waals surface area contributed by atoms with Gasteiger partial charge in [-0.2, -0.15) is 4.98 Å². The fourth-order valence-electron chi connectivity index (χ4n) is 4.06. The smallest absolute Gasteiger partial charge is 0.410 e. The van der Waals surface area contributed by atoms with Crippen molar-refractivity contribution < 1.29 is 18.3 Å². The number of piperazine rings is 1. The van der Waals surface area contributed by atoms with E-state index in [-0.39, 0.29) is 38.8 Å². The van der Waals surface area contributed by atoms with Crippen molar-refractivity contribution in [1.82, 2.24) is 14.9 Å². The highest BCUT2D eigenvalue weighted by Crippen LogP contribution is 2.37. The minimum atomic E-state index is -0.819. The van der Waals surface area contributed by atoms with Crippen LogP contribution in [0.5, 0.6) is 0 Å². The Morgan fingerprint density at radius 3 is 2.45 bits per heavy atom. The van der Waals surface area contributed by atoms with E-state index in [0.717, 1.165) is 12.8 Å². The number of fused-ring (bicyclic) bond motifs is 3. The van der Waals surface area contributed by atoms with Crippen molar-refractivity contribution >= 4 is 50.3 Å². The molecule has 4 rings (SSSR count). The maximum absolute atomic E-state index is 14.6. The van der Waals surface area contributed by atoms with Crippen molar-refractivity contribution in [1.29, 1.82) is 0 Å². The van der Waals surface area contributed by atoms with E-state index in [1.165, 1.54) is 6.07 Å². The van der Waals surface area contributed by atoms with E-state index in [2.05, 4.69) is 25.9 Å². The van der Waals surface area contributed by atoms with Crippen LogP contribution in [0.4, 0.5) is 19.4 Å². The third-order valence-electron chi connectivity index (χ3n) is 5.17. The molecule has 0 radical (unpaired) electrons. The summed E-state index contributed by atoms with van der Waals surface area (Å²) in [5.41, 5.74) is -0.623. The number of nitrogens with zero attached hydrogens (tertiary/aromatic N) is 4. The van der Waals surface area contributed by atoms with Gasteiger partial charge in [-0.05, 0) is 67.2 Å². The van der Waals surface area contributed by atoms with Crippen LogP contribution in [0, 0.1) is 11.6 Å². The highest BCUT2D eigenvalue weighted by molar-refractivity contribution is 9.10. The molecule has 2 atom stereocenters. The van der Waals surface area contributed by atoms with Crippen molar-refractivity contribution in [2.45, 2.75) is 51.3 Å². The minimum absolute atomic E-state index is 0.0461. The summed E-state index contributed by atoms with van der Waals surface area (Å²) in [5, 5.41) is 0.129. The molecule has 1 amide bonds. The van der Waals surface area contributed by atoms with E-state index in [4.69, 9.17) is 16.3 Å². The lowest BCUT2D eigenvalue weighted by molar-refractivity contribution is 0.0123. The van der Waals surface area contributed by atoms with E-state index < -0.39 is 17.2 Å². The van der Waals surface area contributed by atoms with Crippen LogP contribution >= 0.6 is 27.5 Å². The summed E-state index contributed by atoms with van der Waals surface area (Å²) in [7, 11) is 0. The molecule has 0 spiro atoms. The number of amides is 1. The molecule has 10 heteroatoms. The summed E-state index contributed by atoms with van der Waals surface area (Å²) in [6.45, 7) is 6.44. The molecule has 1 aromatic heterocycles. The lowest BCUT2D eigenvalue weighted by atomic mass is 10.1. The number of anilines is 1. The standard InChI is InChI=1S/C19H20BrClF2N4O2/c1-19(2,3)29-18(28)27-9-4-5-10(27)8-26(7-9)16-11-6-12(22)13(20)14(23)15(11)24-17(21)25-16/h6,9-10H,4-5,7-8H2,1-3H3. The van der Waals surface area contributed by atoms with Crippen LogP contribution in [0.3, 0.4) is 0 Å². The van der Waals surface area contributed by atoms with E-state index in [1.807, 2.05) is 25.7 Å². The molecule has 2 fully saturated rings. The number of rotatable bonds is 1. The number of hydrogen-bond acceptors (Lipinski definition) is 5. The Balaban J connectivity index is 1.68. The first-order valence-corrected chi connectivity index (χ1v) is 10.5. The van der Waals surface area contributed by atoms with E-state index in [0.29, 0.717) is 18.9 Å². The second-order valence-corrected chi connectivity index (χ2v) is 9.51. The first kappa shape index (κ1) is 20.5. The van der Waals surface area contributed by atoms with Gasteiger partial charge < -0.3 is 9.64 Å². The first-order valence-electron chi connectivity index (χ1n) is 9.32. The average Bonchev–Trinajstić information content (AvgIpc) is 2.89. The molecule has 1 aromatic carbocycles. The van der Waals surface area contributed by atoms with E-state index in [9.17, 15) is 13.6 Å². The Kier molecular flexibility index (Phi) is 5.09. The third-order valence-corrected chi connectivity index (χ3v) is 6.06. The molecule has 2 aliphatic heterocycles. The Hall–Kier alpha value is -1.74. The molecular weight excluding hydrogens is 470 g/mol. The topological polar surface area (TPSA) is 58.6 Å². The molecule has 0 aliphatic carbocycles. The van der Waals surface area contributed by atoms with Crippen LogP contribution < -0.4 is 4.90 Å². The van der Waals surface area contributed by atoms with E-state index >= 15 is 0 Å². The summed E-state index contributed by atoms with van der Waals surface area (Å²) < 4.78 is 34.0. The lowest BCUT2D eigenvalue weighted by Gasteiger charge is -2.42. The SMILES string of the molecule is CC(C)(C)OC(=O)N1C2CCC1CN(c1nc(Cl)nc3c(F)c(Br)c(F)cc13)C2. The molecule has 2 aromatic rings. The molecule has 29 heavy (non-hydrogen) atoms. The van der Waals surface area contributed by atoms with Crippen molar-refractivity contribution in [3.05, 3.63) is 27.5 Å². The maximum Gasteiger partial charge on any atom is 0.410 e. The molecule has 0 N–H and O–H groups in total. The van der Waals surface area contributed by atoms with Gasteiger partial charge in [0.05, 0.1) is 16.6 Å². The molecule has 2 unspecified atom stereocenters. The largest absolute Gasteiger partial charge is 0.444 e. The predicted octanol–water partition coefficient (Wildman–Crippen LogP) is 4.91. The zero-order valence-electron chi connectivity index (χ0n) is 16.2. The second-order valence-electron chi connectivity index (χ2n) is 8.38. The third kappa shape index (κ3) is 3.74. The van der Waals surface area contributed by atoms with Crippen LogP contribution in [-0.2, 0) is 4.74 Å². The van der Waals surface area contributed by atoms with Gasteiger partial charge in [-0.1, -0.05) is 0 Å². The summed E-state index contributed by atoms with van der Waals surface area (Å²) in [6, 6.07) is 1.06. The second kappa shape index (κ2) is 7.19. The number of carbonyl (C=O) groups is 1. The average molecular weight is 490 g/mol. The Morgan fingerprint density at radius 2 is 1.86 bits per heavy atom. The number of halogens is 4. The Morgan fingerprint density at radius 1 is 1.24 bits per heavy atom. The van der Waals surface area contributed by atoms with Crippen LogP contribution in [0.2, 0.25) is 5.28 Å². The Bertz CT molecular complexity index is 987. The van der Waals surface area contributed by atoms with Crippen molar-refractivity contribution in [2.24, 2.45) is 0 Å². The van der Waals surface area contributed by atoms with Crippen LogP contribution in [0.1, 0.15) is 33.6 Å². The monoisotopic (exact) mass is 488 g/mol. The van der Waals surface area contributed by atoms with Gasteiger partial charge in [0.2, 0.25) is 5.28 Å². The van der Waals surface area contributed by atoms with Gasteiger partial charge in [-0.15, -0.1) is 0 Å². The van der Waals surface area contributed by atoms with Gasteiger partial charge in [-0.3, -0.25) is 4.90 Å². The van der Waals surface area contributed by atoms with Gasteiger partial charge in [0.25, 0.3) is 0 Å². The zero-order chi connectivity index (χ0) is 21.1. The molecule has 6 nitrogen and oxygen atoms in total. The maximum atomic E-state index is 14.6. The van der Waals surface area contributed by atoms with E-state index in [1.54, 1.807) is 4.90 Å². The number of aromatic nitrogens is 2. The fourth-order valence-corrected chi connectivity index (χ4v) is 4.53. The van der Waals surface area contributed by atoms with Crippen molar-refractivity contribution in [2.75, 3.05) is 18.0 Å². The van der Waals surface area contributed by atoms with Gasteiger partial charge in [-0.25, -0.2) is 18.6 Å². The molecule has 156 valence electrons. The summed E-state index contributed by atoms with van der Waals surface area (Å²) in [6.07, 6.45) is 1.31. The molecule has 3 heterocycles. The molecule has 0 saturated carbocycles.